The molecule has 132 valence electrons. The first-order valence-electron chi connectivity index (χ1n) is 8.18. The number of allylic oxidation sites excluding steroid dienone is 6. The molecular formula is C22H32FN. The van der Waals surface area contributed by atoms with E-state index in [9.17, 15) is 4.39 Å². The van der Waals surface area contributed by atoms with Crippen molar-refractivity contribution in [3.05, 3.63) is 91.2 Å². The van der Waals surface area contributed by atoms with E-state index >= 15 is 0 Å². The number of benzene rings is 1. The molecule has 0 aromatic heterocycles. The van der Waals surface area contributed by atoms with Crippen LogP contribution in [0.25, 0.3) is 0 Å². The molecule has 0 radical (unpaired) electrons. The van der Waals surface area contributed by atoms with Crippen LogP contribution in [0.1, 0.15) is 26.3 Å². The Morgan fingerprint density at radius 3 is 2.25 bits per heavy atom. The van der Waals surface area contributed by atoms with Gasteiger partial charge < -0.3 is 4.90 Å². The zero-order valence-electron chi connectivity index (χ0n) is 15.8. The van der Waals surface area contributed by atoms with Crippen LogP contribution < -0.4 is 4.90 Å². The van der Waals surface area contributed by atoms with E-state index in [2.05, 4.69) is 61.4 Å². The molecule has 2 heteroatoms. The van der Waals surface area contributed by atoms with Crippen LogP contribution in [0.15, 0.2) is 85.7 Å². The van der Waals surface area contributed by atoms with Crippen LogP contribution >= 0.6 is 0 Å². The Bertz CT molecular complexity index is 539. The third-order valence-corrected chi connectivity index (χ3v) is 2.94. The van der Waals surface area contributed by atoms with Gasteiger partial charge in [0.2, 0.25) is 0 Å². The van der Waals surface area contributed by atoms with Crippen molar-refractivity contribution in [2.24, 2.45) is 0 Å². The average Bonchev–Trinajstić information content (AvgIpc) is 2.64. The van der Waals surface area contributed by atoms with Crippen molar-refractivity contribution >= 4 is 5.69 Å². The number of para-hydroxylation sites is 1. The van der Waals surface area contributed by atoms with Crippen molar-refractivity contribution in [3.8, 4) is 0 Å². The zero-order chi connectivity index (χ0) is 18.8. The molecule has 1 aromatic carbocycles. The normalized spacial score (nSPS) is 10.5. The van der Waals surface area contributed by atoms with Crippen molar-refractivity contribution < 1.29 is 4.39 Å². The highest BCUT2D eigenvalue weighted by Crippen LogP contribution is 2.24. The van der Waals surface area contributed by atoms with Gasteiger partial charge in [-0.1, -0.05) is 75.6 Å². The maximum atomic E-state index is 9.50. The SMILES string of the molecule is C=C/C=C(\C=C)N(C/C=C\C=C/C)c1ccccc1C.CC.CF. The van der Waals surface area contributed by atoms with Crippen molar-refractivity contribution in [1.29, 1.82) is 0 Å². The maximum absolute atomic E-state index is 9.50. The monoisotopic (exact) mass is 329 g/mol. The molecule has 0 aliphatic carbocycles. The number of nitrogens with zero attached hydrogens (tertiary/aromatic N) is 1. The molecule has 0 amide bonds. The number of hydrogen-bond donors (Lipinski definition) is 0. The second kappa shape index (κ2) is 17.0. The van der Waals surface area contributed by atoms with E-state index in [1.54, 1.807) is 6.08 Å². The molecule has 24 heavy (non-hydrogen) atoms. The Kier molecular flexibility index (Phi) is 16.9. The van der Waals surface area contributed by atoms with Crippen molar-refractivity contribution in [2.75, 3.05) is 18.6 Å². The fraction of sp³-hybridized carbons (Fsp3) is 0.273. The predicted octanol–water partition coefficient (Wildman–Crippen LogP) is 6.80. The number of aryl methyl sites for hydroxylation is 1. The Morgan fingerprint density at radius 1 is 1.12 bits per heavy atom. The molecule has 0 bridgehead atoms. The van der Waals surface area contributed by atoms with E-state index in [-0.39, 0.29) is 0 Å². The number of halogens is 1. The summed E-state index contributed by atoms with van der Waals surface area (Å²) in [5.41, 5.74) is 3.47. The number of rotatable bonds is 7. The first-order chi connectivity index (χ1) is 11.7. The van der Waals surface area contributed by atoms with E-state index in [4.69, 9.17) is 0 Å². The van der Waals surface area contributed by atoms with Gasteiger partial charge in [-0.15, -0.1) is 0 Å². The Morgan fingerprint density at radius 2 is 1.75 bits per heavy atom. The lowest BCUT2D eigenvalue weighted by Crippen LogP contribution is -2.22. The summed E-state index contributed by atoms with van der Waals surface area (Å²) >= 11 is 0. The number of alkyl halides is 1. The van der Waals surface area contributed by atoms with Crippen LogP contribution in [-0.2, 0) is 0 Å². The Balaban J connectivity index is 0. The van der Waals surface area contributed by atoms with Gasteiger partial charge in [-0.3, -0.25) is 4.39 Å². The molecule has 0 fully saturated rings. The zero-order valence-corrected chi connectivity index (χ0v) is 15.8. The quantitative estimate of drug-likeness (QED) is 0.497. The maximum Gasteiger partial charge on any atom is 0.0785 e. The molecule has 0 atom stereocenters. The van der Waals surface area contributed by atoms with Crippen LogP contribution in [-0.4, -0.2) is 13.7 Å². The molecule has 0 aliphatic heterocycles. The molecule has 0 aliphatic rings. The van der Waals surface area contributed by atoms with Gasteiger partial charge in [-0.2, -0.15) is 0 Å². The van der Waals surface area contributed by atoms with Crippen LogP contribution in [0.4, 0.5) is 10.1 Å². The summed E-state index contributed by atoms with van der Waals surface area (Å²) in [6, 6.07) is 8.35. The lowest BCUT2D eigenvalue weighted by Gasteiger charge is -2.26. The fourth-order valence-corrected chi connectivity index (χ4v) is 1.95. The third kappa shape index (κ3) is 8.94. The first kappa shape index (κ1) is 23.9. The molecule has 0 unspecified atom stereocenters. The fourth-order valence-electron chi connectivity index (χ4n) is 1.95. The van der Waals surface area contributed by atoms with Crippen LogP contribution in [0.5, 0.6) is 0 Å². The number of anilines is 1. The molecule has 1 aromatic rings. The molecule has 1 rings (SSSR count). The molecule has 0 heterocycles. The summed E-state index contributed by atoms with van der Waals surface area (Å²) in [7, 11) is 0.500. The van der Waals surface area contributed by atoms with Gasteiger partial charge in [0, 0.05) is 17.9 Å². The second-order valence-corrected chi connectivity index (χ2v) is 4.38. The van der Waals surface area contributed by atoms with Crippen LogP contribution in [0.2, 0.25) is 0 Å². The third-order valence-electron chi connectivity index (χ3n) is 2.94. The van der Waals surface area contributed by atoms with Gasteiger partial charge in [-0.05, 0) is 37.6 Å². The van der Waals surface area contributed by atoms with E-state index in [0.717, 1.165) is 12.2 Å². The summed E-state index contributed by atoms with van der Waals surface area (Å²) in [5, 5.41) is 0. The average molecular weight is 330 g/mol. The Hall–Kier alpha value is -2.35. The molecular weight excluding hydrogens is 297 g/mol. The smallest absolute Gasteiger partial charge is 0.0785 e. The lowest BCUT2D eigenvalue weighted by atomic mass is 10.1. The van der Waals surface area contributed by atoms with Crippen LogP contribution in [0.3, 0.4) is 0 Å². The molecule has 0 saturated heterocycles. The summed E-state index contributed by atoms with van der Waals surface area (Å²) in [6.07, 6.45) is 13.9. The molecule has 0 saturated carbocycles. The minimum Gasteiger partial charge on any atom is -0.337 e. The topological polar surface area (TPSA) is 3.24 Å². The summed E-state index contributed by atoms with van der Waals surface area (Å²) in [5.74, 6) is 0. The largest absolute Gasteiger partial charge is 0.337 e. The lowest BCUT2D eigenvalue weighted by molar-refractivity contribution is 0.636. The van der Waals surface area contributed by atoms with Gasteiger partial charge in [0.15, 0.2) is 0 Å². The van der Waals surface area contributed by atoms with Gasteiger partial charge in [0.25, 0.3) is 0 Å². The van der Waals surface area contributed by atoms with Gasteiger partial charge in [-0.25, -0.2) is 0 Å². The molecule has 0 N–H and O–H groups in total. The van der Waals surface area contributed by atoms with Gasteiger partial charge in [0.05, 0.1) is 7.18 Å². The standard InChI is InChI=1S/C19H23N.C2H6.CH3F/c1-5-8-9-12-16-20(18(7-3)13-6-2)19-15-11-10-14-17(19)4;2*1-2/h5-15H,2-3,16H2,1,4H3;1-2H3;1H3/b8-5-,12-9-,18-13+;;. The van der Waals surface area contributed by atoms with Gasteiger partial charge in [0.1, 0.15) is 0 Å². The van der Waals surface area contributed by atoms with E-state index < -0.39 is 0 Å². The van der Waals surface area contributed by atoms with Gasteiger partial charge >= 0.3 is 0 Å². The highest BCUT2D eigenvalue weighted by atomic mass is 19.1. The highest BCUT2D eigenvalue weighted by molar-refractivity contribution is 5.60. The van der Waals surface area contributed by atoms with Crippen molar-refractivity contribution in [1.82, 2.24) is 0 Å². The Labute approximate surface area is 148 Å². The van der Waals surface area contributed by atoms with E-state index in [0.29, 0.717) is 7.18 Å². The minimum absolute atomic E-state index is 0.500. The molecule has 1 nitrogen and oxygen atoms in total. The summed E-state index contributed by atoms with van der Waals surface area (Å²) in [6.45, 7) is 16.6. The predicted molar refractivity (Wildman–Crippen MR) is 109 cm³/mol. The van der Waals surface area contributed by atoms with Crippen LogP contribution in [0, 0.1) is 6.92 Å². The minimum atomic E-state index is 0.500. The van der Waals surface area contributed by atoms with E-state index in [1.165, 1.54) is 11.3 Å². The van der Waals surface area contributed by atoms with E-state index in [1.807, 2.05) is 45.1 Å². The summed E-state index contributed by atoms with van der Waals surface area (Å²) < 4.78 is 9.50. The second-order valence-electron chi connectivity index (χ2n) is 4.38. The molecule has 0 spiro atoms. The van der Waals surface area contributed by atoms with Crippen molar-refractivity contribution in [3.63, 3.8) is 0 Å². The van der Waals surface area contributed by atoms with Crippen molar-refractivity contribution in [2.45, 2.75) is 27.7 Å². The highest BCUT2D eigenvalue weighted by Gasteiger charge is 2.09. The number of hydrogen-bond acceptors (Lipinski definition) is 1. The first-order valence-corrected chi connectivity index (χ1v) is 8.18. The summed E-state index contributed by atoms with van der Waals surface area (Å²) in [4.78, 5) is 2.23.